The van der Waals surface area contributed by atoms with Crippen molar-refractivity contribution in [3.8, 4) is 11.6 Å². The number of ether oxygens (including phenoxy) is 3. The number of carbonyl (C=O) groups excluding carboxylic acids is 1. The minimum atomic E-state index is -0.353. The molecular weight excluding hydrogens is 402 g/mol. The van der Waals surface area contributed by atoms with Crippen molar-refractivity contribution in [3.05, 3.63) is 22.9 Å². The van der Waals surface area contributed by atoms with Crippen molar-refractivity contribution in [2.75, 3.05) is 20.3 Å². The molecule has 0 spiro atoms. The maximum absolute atomic E-state index is 11.7. The molecule has 3 rings (SSSR count). The van der Waals surface area contributed by atoms with Gasteiger partial charge in [0.05, 0.1) is 24.6 Å². The predicted octanol–water partition coefficient (Wildman–Crippen LogP) is 2.85. The molecule has 2 aromatic heterocycles. The highest BCUT2D eigenvalue weighted by Gasteiger charge is 2.32. The summed E-state index contributed by atoms with van der Waals surface area (Å²) >= 11 is 3.57. The summed E-state index contributed by atoms with van der Waals surface area (Å²) in [4.78, 5) is 20.4. The number of aromatic nitrogens is 2. The minimum absolute atomic E-state index is 0.175. The first-order valence-electron chi connectivity index (χ1n) is 8.68. The van der Waals surface area contributed by atoms with E-state index in [2.05, 4.69) is 38.1 Å². The first kappa shape index (κ1) is 18.8. The van der Waals surface area contributed by atoms with E-state index in [0.29, 0.717) is 35.7 Å². The number of hydrogen-bond acceptors (Lipinski definition) is 7. The van der Waals surface area contributed by atoms with Crippen LogP contribution in [0.3, 0.4) is 0 Å². The lowest BCUT2D eigenvalue weighted by Crippen LogP contribution is -2.31. The van der Waals surface area contributed by atoms with Gasteiger partial charge in [-0.15, -0.1) is 0 Å². The molecule has 3 heterocycles. The van der Waals surface area contributed by atoms with Gasteiger partial charge < -0.3 is 19.5 Å². The molecule has 1 N–H and O–H groups in total. The lowest BCUT2D eigenvalue weighted by Gasteiger charge is -2.17. The van der Waals surface area contributed by atoms with Crippen molar-refractivity contribution in [1.29, 1.82) is 0 Å². The molecule has 2 atom stereocenters. The third-order valence-corrected chi connectivity index (χ3v) is 4.95. The SMILES string of the molecule is CCCCOc1c(Br)c(O[C@H]2CN[C@H](C(=O)OC)C2)nc2ccncc12. The smallest absolute Gasteiger partial charge is 0.323 e. The zero-order chi connectivity index (χ0) is 18.5. The molecule has 0 saturated carbocycles. The molecule has 0 radical (unpaired) electrons. The number of hydrogen-bond donors (Lipinski definition) is 1. The fourth-order valence-electron chi connectivity index (χ4n) is 2.84. The van der Waals surface area contributed by atoms with Crippen molar-refractivity contribution >= 4 is 32.8 Å². The lowest BCUT2D eigenvalue weighted by molar-refractivity contribution is -0.142. The molecule has 1 saturated heterocycles. The number of methoxy groups -OCH3 is 1. The van der Waals surface area contributed by atoms with Gasteiger partial charge in [0.15, 0.2) is 0 Å². The molecule has 140 valence electrons. The molecule has 8 heteroatoms. The Labute approximate surface area is 160 Å². The number of carbonyl (C=O) groups is 1. The Kier molecular flexibility index (Phi) is 6.26. The quantitative estimate of drug-likeness (QED) is 0.541. The van der Waals surface area contributed by atoms with Crippen molar-refractivity contribution in [2.24, 2.45) is 0 Å². The molecule has 2 aromatic rings. The van der Waals surface area contributed by atoms with Crippen LogP contribution >= 0.6 is 15.9 Å². The van der Waals surface area contributed by atoms with Gasteiger partial charge in [-0.3, -0.25) is 9.78 Å². The Balaban J connectivity index is 1.84. The molecule has 0 unspecified atom stereocenters. The van der Waals surface area contributed by atoms with Crippen LogP contribution in [-0.2, 0) is 9.53 Å². The maximum atomic E-state index is 11.7. The van der Waals surface area contributed by atoms with Crippen LogP contribution in [0.1, 0.15) is 26.2 Å². The molecule has 1 fully saturated rings. The number of halogens is 1. The third kappa shape index (κ3) is 4.07. The number of unbranched alkanes of at least 4 members (excludes halogenated alkanes) is 1. The van der Waals surface area contributed by atoms with Crippen LogP contribution in [0.15, 0.2) is 22.9 Å². The summed E-state index contributed by atoms with van der Waals surface area (Å²) in [5, 5.41) is 3.94. The second-order valence-electron chi connectivity index (χ2n) is 6.11. The summed E-state index contributed by atoms with van der Waals surface area (Å²) in [7, 11) is 1.38. The summed E-state index contributed by atoms with van der Waals surface area (Å²) in [6, 6.07) is 1.47. The van der Waals surface area contributed by atoms with Crippen LogP contribution in [0, 0.1) is 0 Å². The van der Waals surface area contributed by atoms with Gasteiger partial charge in [-0.25, -0.2) is 4.98 Å². The number of nitrogens with zero attached hydrogens (tertiary/aromatic N) is 2. The Morgan fingerprint density at radius 1 is 1.46 bits per heavy atom. The van der Waals surface area contributed by atoms with E-state index in [0.717, 1.165) is 23.7 Å². The fourth-order valence-corrected chi connectivity index (χ4v) is 3.35. The zero-order valence-electron chi connectivity index (χ0n) is 14.8. The number of rotatable bonds is 7. The average molecular weight is 424 g/mol. The van der Waals surface area contributed by atoms with Gasteiger partial charge >= 0.3 is 5.97 Å². The summed E-state index contributed by atoms with van der Waals surface area (Å²) < 4.78 is 17.5. The summed E-state index contributed by atoms with van der Waals surface area (Å²) in [5.74, 6) is 0.853. The molecule has 1 aliphatic rings. The Morgan fingerprint density at radius 2 is 2.31 bits per heavy atom. The van der Waals surface area contributed by atoms with Crippen LogP contribution in [0.25, 0.3) is 10.9 Å². The van der Waals surface area contributed by atoms with Crippen LogP contribution < -0.4 is 14.8 Å². The zero-order valence-corrected chi connectivity index (χ0v) is 16.4. The van der Waals surface area contributed by atoms with E-state index in [1.54, 1.807) is 12.4 Å². The molecular formula is C18H22BrN3O4. The van der Waals surface area contributed by atoms with Gasteiger partial charge in [-0.2, -0.15) is 0 Å². The van der Waals surface area contributed by atoms with Crippen LogP contribution in [-0.4, -0.2) is 48.3 Å². The largest absolute Gasteiger partial charge is 0.491 e. The van der Waals surface area contributed by atoms with E-state index in [1.165, 1.54) is 7.11 Å². The van der Waals surface area contributed by atoms with Crippen molar-refractivity contribution < 1.29 is 19.0 Å². The Morgan fingerprint density at radius 3 is 3.08 bits per heavy atom. The van der Waals surface area contributed by atoms with E-state index in [4.69, 9.17) is 14.2 Å². The maximum Gasteiger partial charge on any atom is 0.323 e. The minimum Gasteiger partial charge on any atom is -0.491 e. The highest BCUT2D eigenvalue weighted by atomic mass is 79.9. The van der Waals surface area contributed by atoms with Crippen molar-refractivity contribution in [2.45, 2.75) is 38.3 Å². The highest BCUT2D eigenvalue weighted by Crippen LogP contribution is 2.39. The first-order chi connectivity index (χ1) is 12.6. The van der Waals surface area contributed by atoms with E-state index in [9.17, 15) is 4.79 Å². The van der Waals surface area contributed by atoms with Gasteiger partial charge in [0, 0.05) is 25.4 Å². The van der Waals surface area contributed by atoms with E-state index >= 15 is 0 Å². The lowest BCUT2D eigenvalue weighted by atomic mass is 10.2. The van der Waals surface area contributed by atoms with Crippen molar-refractivity contribution in [3.63, 3.8) is 0 Å². The monoisotopic (exact) mass is 423 g/mol. The van der Waals surface area contributed by atoms with E-state index in [-0.39, 0.29) is 18.1 Å². The third-order valence-electron chi connectivity index (χ3n) is 4.25. The number of esters is 1. The summed E-state index contributed by atoms with van der Waals surface area (Å²) in [6.07, 6.45) is 5.78. The van der Waals surface area contributed by atoms with Crippen LogP contribution in [0.4, 0.5) is 0 Å². The molecule has 0 amide bonds. The highest BCUT2D eigenvalue weighted by molar-refractivity contribution is 9.10. The standard InChI is InChI=1S/C18H22BrN3O4/c1-3-4-7-25-16-12-10-20-6-5-13(12)22-17(15(16)19)26-11-8-14(21-9-11)18(23)24-2/h5-6,10-11,14,21H,3-4,7-9H2,1-2H3/t11-,14+/m1/s1. The van der Waals surface area contributed by atoms with Gasteiger partial charge in [0.1, 0.15) is 22.4 Å². The molecule has 7 nitrogen and oxygen atoms in total. The van der Waals surface area contributed by atoms with Gasteiger partial charge in [0.2, 0.25) is 5.88 Å². The average Bonchev–Trinajstić information content (AvgIpc) is 3.12. The van der Waals surface area contributed by atoms with E-state index < -0.39 is 0 Å². The molecule has 0 bridgehead atoms. The summed E-state index contributed by atoms with van der Waals surface area (Å²) in [5.41, 5.74) is 0.750. The topological polar surface area (TPSA) is 82.6 Å². The van der Waals surface area contributed by atoms with Crippen LogP contribution in [0.5, 0.6) is 11.6 Å². The fraction of sp³-hybridized carbons (Fsp3) is 0.500. The molecule has 0 aromatic carbocycles. The van der Waals surface area contributed by atoms with Gasteiger partial charge in [-0.05, 0) is 28.4 Å². The number of pyridine rings is 2. The first-order valence-corrected chi connectivity index (χ1v) is 9.47. The van der Waals surface area contributed by atoms with Crippen LogP contribution in [0.2, 0.25) is 0 Å². The molecule has 0 aliphatic carbocycles. The predicted molar refractivity (Wildman–Crippen MR) is 100 cm³/mol. The van der Waals surface area contributed by atoms with Crippen molar-refractivity contribution in [1.82, 2.24) is 15.3 Å². The Hall–Kier alpha value is -1.93. The molecule has 26 heavy (non-hydrogen) atoms. The number of fused-ring (bicyclic) bond motifs is 1. The normalized spacial score (nSPS) is 19.5. The van der Waals surface area contributed by atoms with Gasteiger partial charge in [0.25, 0.3) is 0 Å². The Bertz CT molecular complexity index is 786. The number of nitrogens with one attached hydrogen (secondary N) is 1. The second-order valence-corrected chi connectivity index (χ2v) is 6.91. The molecule has 1 aliphatic heterocycles. The summed E-state index contributed by atoms with van der Waals surface area (Å²) in [6.45, 7) is 3.27. The second kappa shape index (κ2) is 8.64. The van der Waals surface area contributed by atoms with Gasteiger partial charge in [-0.1, -0.05) is 13.3 Å². The van der Waals surface area contributed by atoms with E-state index in [1.807, 2.05) is 6.07 Å².